The maximum atomic E-state index is 12.3. The highest BCUT2D eigenvalue weighted by Gasteiger charge is 2.20. The van der Waals surface area contributed by atoms with E-state index in [1.54, 1.807) is 29.2 Å². The van der Waals surface area contributed by atoms with Gasteiger partial charge in [-0.15, -0.1) is 6.58 Å². The zero-order valence-electron chi connectivity index (χ0n) is 10.1. The molecule has 0 radical (unpaired) electrons. The van der Waals surface area contributed by atoms with E-state index in [2.05, 4.69) is 6.58 Å². The lowest BCUT2D eigenvalue weighted by Gasteiger charge is -2.26. The van der Waals surface area contributed by atoms with Crippen LogP contribution in [0.15, 0.2) is 30.9 Å². The predicted octanol–water partition coefficient (Wildman–Crippen LogP) is 2.96. The molecule has 0 heterocycles. The predicted molar refractivity (Wildman–Crippen MR) is 72.2 cm³/mol. The third kappa shape index (κ3) is 3.01. The first-order valence-corrected chi connectivity index (χ1v) is 5.82. The number of anilines is 1. The van der Waals surface area contributed by atoms with Gasteiger partial charge in [0.2, 0.25) is 0 Å². The maximum absolute atomic E-state index is 12.3. The number of carbonyl (C=O) groups is 1. The van der Waals surface area contributed by atoms with Crippen molar-refractivity contribution in [1.29, 1.82) is 0 Å². The van der Waals surface area contributed by atoms with Crippen molar-refractivity contribution in [2.24, 2.45) is 0 Å². The largest absolute Gasteiger partial charge is 0.397 e. The molecule has 3 nitrogen and oxygen atoms in total. The molecular weight excluding hydrogens is 236 g/mol. The van der Waals surface area contributed by atoms with Gasteiger partial charge in [0.25, 0.3) is 5.91 Å². The Morgan fingerprint density at radius 1 is 1.59 bits per heavy atom. The Balaban J connectivity index is 3.09. The van der Waals surface area contributed by atoms with Gasteiger partial charge in [-0.2, -0.15) is 0 Å². The minimum atomic E-state index is -0.125. The van der Waals surface area contributed by atoms with Crippen LogP contribution < -0.4 is 5.73 Å². The number of hydrogen-bond donors (Lipinski definition) is 1. The second-order valence-electron chi connectivity index (χ2n) is 4.04. The lowest BCUT2D eigenvalue weighted by atomic mass is 10.1. The number of amides is 1. The van der Waals surface area contributed by atoms with E-state index in [1.165, 1.54) is 0 Å². The number of nitrogens with two attached hydrogens (primary N) is 1. The summed E-state index contributed by atoms with van der Waals surface area (Å²) in [5.41, 5.74) is 6.58. The molecular formula is C13H17ClN2O. The first-order valence-electron chi connectivity index (χ1n) is 5.45. The fourth-order valence-electron chi connectivity index (χ4n) is 1.55. The molecule has 17 heavy (non-hydrogen) atoms. The van der Waals surface area contributed by atoms with Gasteiger partial charge in [-0.3, -0.25) is 4.79 Å². The summed E-state index contributed by atoms with van der Waals surface area (Å²) in [5, 5.41) is 0.401. The van der Waals surface area contributed by atoms with E-state index in [0.717, 1.165) is 0 Å². The molecule has 0 atom stereocenters. The summed E-state index contributed by atoms with van der Waals surface area (Å²) in [7, 11) is 0. The smallest absolute Gasteiger partial charge is 0.256 e. The molecule has 2 N–H and O–H groups in total. The number of nitrogens with zero attached hydrogens (tertiary/aromatic N) is 1. The van der Waals surface area contributed by atoms with Crippen LogP contribution in [0.2, 0.25) is 5.02 Å². The molecule has 0 fully saturated rings. The Morgan fingerprint density at radius 3 is 2.76 bits per heavy atom. The summed E-state index contributed by atoms with van der Waals surface area (Å²) >= 11 is 5.90. The molecule has 0 saturated carbocycles. The van der Waals surface area contributed by atoms with Gasteiger partial charge in [-0.25, -0.2) is 0 Å². The van der Waals surface area contributed by atoms with Crippen LogP contribution in [0.1, 0.15) is 24.2 Å². The summed E-state index contributed by atoms with van der Waals surface area (Å²) < 4.78 is 0. The van der Waals surface area contributed by atoms with E-state index in [1.807, 2.05) is 13.8 Å². The quantitative estimate of drug-likeness (QED) is 0.662. The molecule has 0 saturated heterocycles. The number of para-hydroxylation sites is 1. The van der Waals surface area contributed by atoms with Crippen LogP contribution in [-0.4, -0.2) is 23.4 Å². The molecule has 0 aliphatic carbocycles. The number of benzene rings is 1. The second-order valence-corrected chi connectivity index (χ2v) is 4.45. The normalized spacial score (nSPS) is 10.4. The lowest BCUT2D eigenvalue weighted by molar-refractivity contribution is 0.0730. The van der Waals surface area contributed by atoms with E-state index in [0.29, 0.717) is 22.8 Å². The van der Waals surface area contributed by atoms with Crippen molar-refractivity contribution in [3.05, 3.63) is 41.4 Å². The maximum Gasteiger partial charge on any atom is 0.256 e. The number of hydrogen-bond acceptors (Lipinski definition) is 2. The van der Waals surface area contributed by atoms with Crippen LogP contribution in [0.4, 0.5) is 5.69 Å². The highest BCUT2D eigenvalue weighted by atomic mass is 35.5. The van der Waals surface area contributed by atoms with Crippen molar-refractivity contribution < 1.29 is 4.79 Å². The van der Waals surface area contributed by atoms with Crippen molar-refractivity contribution in [1.82, 2.24) is 4.90 Å². The molecule has 1 aromatic carbocycles. The summed E-state index contributed by atoms with van der Waals surface area (Å²) in [6.07, 6.45) is 1.69. The van der Waals surface area contributed by atoms with Crippen LogP contribution >= 0.6 is 11.6 Å². The molecule has 92 valence electrons. The van der Waals surface area contributed by atoms with Crippen molar-refractivity contribution in [2.75, 3.05) is 12.3 Å². The van der Waals surface area contributed by atoms with Gasteiger partial charge in [0, 0.05) is 12.6 Å². The Labute approximate surface area is 107 Å². The third-order valence-corrected chi connectivity index (χ3v) is 2.82. The molecule has 1 aromatic rings. The number of nitrogen functional groups attached to an aromatic ring is 1. The molecule has 0 spiro atoms. The van der Waals surface area contributed by atoms with Crippen molar-refractivity contribution in [2.45, 2.75) is 19.9 Å². The van der Waals surface area contributed by atoms with E-state index >= 15 is 0 Å². The molecule has 1 amide bonds. The zero-order chi connectivity index (χ0) is 13.0. The molecule has 0 aromatic heterocycles. The van der Waals surface area contributed by atoms with Gasteiger partial charge >= 0.3 is 0 Å². The van der Waals surface area contributed by atoms with Crippen molar-refractivity contribution in [3.63, 3.8) is 0 Å². The first-order chi connectivity index (χ1) is 7.99. The molecule has 4 heteroatoms. The second kappa shape index (κ2) is 5.73. The Hall–Kier alpha value is -1.48. The van der Waals surface area contributed by atoms with E-state index in [9.17, 15) is 4.79 Å². The Morgan fingerprint density at radius 2 is 2.24 bits per heavy atom. The summed E-state index contributed by atoms with van der Waals surface area (Å²) in [4.78, 5) is 14.0. The van der Waals surface area contributed by atoms with Crippen LogP contribution in [0.3, 0.4) is 0 Å². The molecule has 0 aliphatic rings. The third-order valence-electron chi connectivity index (χ3n) is 2.49. The van der Waals surface area contributed by atoms with Gasteiger partial charge in [-0.1, -0.05) is 23.7 Å². The fourth-order valence-corrected chi connectivity index (χ4v) is 1.72. The average molecular weight is 253 g/mol. The minimum Gasteiger partial charge on any atom is -0.397 e. The number of halogens is 1. The highest BCUT2D eigenvalue weighted by Crippen LogP contribution is 2.24. The molecule has 1 rings (SSSR count). The monoisotopic (exact) mass is 252 g/mol. The van der Waals surface area contributed by atoms with Crippen molar-refractivity contribution >= 4 is 23.2 Å². The SMILES string of the molecule is C=CCN(C(=O)c1cccc(Cl)c1N)C(C)C. The van der Waals surface area contributed by atoms with Crippen LogP contribution in [0.25, 0.3) is 0 Å². The van der Waals surface area contributed by atoms with Gasteiger partial charge in [0.05, 0.1) is 16.3 Å². The minimum absolute atomic E-state index is 0.0823. The number of carbonyl (C=O) groups excluding carboxylic acids is 1. The summed E-state index contributed by atoms with van der Waals surface area (Å²) in [5.74, 6) is -0.125. The van der Waals surface area contributed by atoms with E-state index in [-0.39, 0.29) is 11.9 Å². The van der Waals surface area contributed by atoms with Crippen LogP contribution in [-0.2, 0) is 0 Å². The average Bonchev–Trinajstić information content (AvgIpc) is 2.28. The van der Waals surface area contributed by atoms with Gasteiger partial charge in [0.1, 0.15) is 0 Å². The van der Waals surface area contributed by atoms with Gasteiger partial charge in [-0.05, 0) is 26.0 Å². The molecule has 0 bridgehead atoms. The van der Waals surface area contributed by atoms with E-state index < -0.39 is 0 Å². The standard InChI is InChI=1S/C13H17ClN2O/c1-4-8-16(9(2)3)13(17)10-6-5-7-11(14)12(10)15/h4-7,9H,1,8,15H2,2-3H3. The Kier molecular flexibility index (Phi) is 4.58. The molecule has 0 unspecified atom stereocenters. The van der Waals surface area contributed by atoms with Gasteiger partial charge in [0.15, 0.2) is 0 Å². The zero-order valence-corrected chi connectivity index (χ0v) is 10.9. The number of rotatable bonds is 4. The van der Waals surface area contributed by atoms with Gasteiger partial charge < -0.3 is 10.6 Å². The van der Waals surface area contributed by atoms with E-state index in [4.69, 9.17) is 17.3 Å². The van der Waals surface area contributed by atoms with Crippen molar-refractivity contribution in [3.8, 4) is 0 Å². The lowest BCUT2D eigenvalue weighted by Crippen LogP contribution is -2.37. The van der Waals surface area contributed by atoms with Crippen LogP contribution in [0.5, 0.6) is 0 Å². The molecule has 0 aliphatic heterocycles. The first kappa shape index (κ1) is 13.6. The van der Waals surface area contributed by atoms with Crippen LogP contribution in [0, 0.1) is 0 Å². The fraction of sp³-hybridized carbons (Fsp3) is 0.308. The topological polar surface area (TPSA) is 46.3 Å². The summed E-state index contributed by atoms with van der Waals surface area (Å²) in [6, 6.07) is 5.15. The Bertz CT molecular complexity index is 429. The summed E-state index contributed by atoms with van der Waals surface area (Å²) in [6.45, 7) is 8.03. The highest BCUT2D eigenvalue weighted by molar-refractivity contribution is 6.33.